The van der Waals surface area contributed by atoms with Crippen LogP contribution >= 0.6 is 11.6 Å². The normalized spacial score (nSPS) is 23.6. The molecule has 0 spiro atoms. The summed E-state index contributed by atoms with van der Waals surface area (Å²) in [6.07, 6.45) is 1.46. The fourth-order valence-electron chi connectivity index (χ4n) is 1.99. The van der Waals surface area contributed by atoms with E-state index >= 15 is 0 Å². The Labute approximate surface area is 99.6 Å². The van der Waals surface area contributed by atoms with Crippen molar-refractivity contribution < 1.29 is 9.90 Å². The second kappa shape index (κ2) is 4.34. The van der Waals surface area contributed by atoms with Crippen LogP contribution in [0.1, 0.15) is 12.8 Å². The molecule has 4 heteroatoms. The molecule has 3 nitrogen and oxygen atoms in total. The highest BCUT2D eigenvalue weighted by Gasteiger charge is 2.36. The summed E-state index contributed by atoms with van der Waals surface area (Å²) in [6, 6.07) is 7.94. The van der Waals surface area contributed by atoms with Crippen LogP contribution in [-0.4, -0.2) is 24.2 Å². The van der Waals surface area contributed by atoms with E-state index < -0.39 is 5.97 Å². The first-order valence-corrected chi connectivity index (χ1v) is 5.67. The average molecular weight is 240 g/mol. The number of rotatable bonds is 3. The number of nitrogens with zero attached hydrogens (tertiary/aromatic N) is 1. The van der Waals surface area contributed by atoms with Crippen LogP contribution in [0.25, 0.3) is 0 Å². The number of carbonyl (C=O) groups is 1. The Morgan fingerprint density at radius 3 is 2.44 bits per heavy atom. The maximum absolute atomic E-state index is 10.7. The molecule has 0 unspecified atom stereocenters. The maximum atomic E-state index is 10.7. The minimum absolute atomic E-state index is 0.167. The standard InChI is InChI=1S/C12H14ClNO2/c1-14(10-4-2-9(13)3-5-10)11-6-8(7-11)12(15)16/h2-5,8,11H,6-7H2,1H3,(H,15,16). The summed E-state index contributed by atoms with van der Waals surface area (Å²) in [5.74, 6) is -0.847. The molecule has 0 saturated heterocycles. The van der Waals surface area contributed by atoms with Crippen molar-refractivity contribution in [3.05, 3.63) is 29.3 Å². The predicted molar refractivity (Wildman–Crippen MR) is 64.0 cm³/mol. The van der Waals surface area contributed by atoms with Crippen molar-refractivity contribution >= 4 is 23.3 Å². The van der Waals surface area contributed by atoms with Gasteiger partial charge in [-0.2, -0.15) is 0 Å². The number of carboxylic acid groups (broad SMARTS) is 1. The number of halogens is 1. The molecule has 0 aliphatic heterocycles. The summed E-state index contributed by atoms with van der Waals surface area (Å²) in [5.41, 5.74) is 1.08. The molecule has 0 atom stereocenters. The molecule has 1 aromatic carbocycles. The summed E-state index contributed by atoms with van der Waals surface area (Å²) in [4.78, 5) is 12.8. The third-order valence-corrected chi connectivity index (χ3v) is 3.50. The zero-order valence-electron chi connectivity index (χ0n) is 9.06. The Bertz CT molecular complexity index is 385. The van der Waals surface area contributed by atoms with Crippen LogP contribution in [0.15, 0.2) is 24.3 Å². The Balaban J connectivity index is 1.97. The molecule has 0 amide bonds. The largest absolute Gasteiger partial charge is 0.481 e. The van der Waals surface area contributed by atoms with E-state index in [0.717, 1.165) is 18.5 Å². The van der Waals surface area contributed by atoms with Gasteiger partial charge in [0.15, 0.2) is 0 Å². The van der Waals surface area contributed by atoms with Gasteiger partial charge in [-0.3, -0.25) is 4.79 Å². The number of hydrogen-bond donors (Lipinski definition) is 1. The van der Waals surface area contributed by atoms with Crippen molar-refractivity contribution in [3.63, 3.8) is 0 Å². The fourth-order valence-corrected chi connectivity index (χ4v) is 2.12. The fraction of sp³-hybridized carbons (Fsp3) is 0.417. The molecule has 2 rings (SSSR count). The van der Waals surface area contributed by atoms with E-state index in [-0.39, 0.29) is 5.92 Å². The highest BCUT2D eigenvalue weighted by Crippen LogP contribution is 2.34. The van der Waals surface area contributed by atoms with E-state index in [1.165, 1.54) is 0 Å². The average Bonchev–Trinajstić information content (AvgIpc) is 2.15. The van der Waals surface area contributed by atoms with Gasteiger partial charge in [0.2, 0.25) is 0 Å². The Hall–Kier alpha value is -1.22. The van der Waals surface area contributed by atoms with Gasteiger partial charge in [-0.05, 0) is 37.1 Å². The minimum atomic E-state index is -0.680. The number of hydrogen-bond acceptors (Lipinski definition) is 2. The number of carboxylic acids is 1. The van der Waals surface area contributed by atoms with E-state index in [1.807, 2.05) is 31.3 Å². The zero-order chi connectivity index (χ0) is 11.7. The van der Waals surface area contributed by atoms with Gasteiger partial charge in [-0.25, -0.2) is 0 Å². The molecular formula is C12H14ClNO2. The van der Waals surface area contributed by atoms with Gasteiger partial charge in [-0.15, -0.1) is 0 Å². The Morgan fingerprint density at radius 2 is 1.94 bits per heavy atom. The summed E-state index contributed by atoms with van der Waals surface area (Å²) in [6.45, 7) is 0. The number of benzene rings is 1. The molecular weight excluding hydrogens is 226 g/mol. The topological polar surface area (TPSA) is 40.5 Å². The Morgan fingerprint density at radius 1 is 1.38 bits per heavy atom. The minimum Gasteiger partial charge on any atom is -0.481 e. The van der Waals surface area contributed by atoms with Crippen molar-refractivity contribution in [3.8, 4) is 0 Å². The van der Waals surface area contributed by atoms with Crippen LogP contribution in [0.4, 0.5) is 5.69 Å². The lowest BCUT2D eigenvalue weighted by Gasteiger charge is -2.40. The highest BCUT2D eigenvalue weighted by atomic mass is 35.5. The van der Waals surface area contributed by atoms with Gasteiger partial charge < -0.3 is 10.0 Å². The predicted octanol–water partition coefficient (Wildman–Crippen LogP) is 2.64. The van der Waals surface area contributed by atoms with Crippen molar-refractivity contribution in [2.75, 3.05) is 11.9 Å². The lowest BCUT2D eigenvalue weighted by Crippen LogP contribution is -2.45. The summed E-state index contributed by atoms with van der Waals surface area (Å²) in [5, 5.41) is 9.52. The van der Waals surface area contributed by atoms with Gasteiger partial charge in [0.25, 0.3) is 0 Å². The van der Waals surface area contributed by atoms with Gasteiger partial charge in [0.05, 0.1) is 5.92 Å². The summed E-state index contributed by atoms with van der Waals surface area (Å²) >= 11 is 5.81. The van der Waals surface area contributed by atoms with Crippen molar-refractivity contribution in [2.45, 2.75) is 18.9 Å². The number of anilines is 1. The first-order valence-electron chi connectivity index (χ1n) is 5.29. The number of aliphatic carboxylic acids is 1. The molecule has 1 aliphatic rings. The van der Waals surface area contributed by atoms with Gasteiger partial charge in [0, 0.05) is 23.8 Å². The first kappa shape index (κ1) is 11.3. The molecule has 1 aliphatic carbocycles. The second-order valence-electron chi connectivity index (χ2n) is 4.25. The molecule has 0 heterocycles. The van der Waals surface area contributed by atoms with Gasteiger partial charge in [-0.1, -0.05) is 11.6 Å². The van der Waals surface area contributed by atoms with E-state index in [9.17, 15) is 4.79 Å². The van der Waals surface area contributed by atoms with Gasteiger partial charge >= 0.3 is 5.97 Å². The van der Waals surface area contributed by atoms with Crippen molar-refractivity contribution in [1.29, 1.82) is 0 Å². The highest BCUT2D eigenvalue weighted by molar-refractivity contribution is 6.30. The maximum Gasteiger partial charge on any atom is 0.306 e. The first-order chi connectivity index (χ1) is 7.58. The quantitative estimate of drug-likeness (QED) is 0.882. The molecule has 16 heavy (non-hydrogen) atoms. The molecule has 86 valence electrons. The van der Waals surface area contributed by atoms with Crippen LogP contribution in [0.5, 0.6) is 0 Å². The van der Waals surface area contributed by atoms with E-state index in [0.29, 0.717) is 11.1 Å². The van der Waals surface area contributed by atoms with Crippen molar-refractivity contribution in [1.82, 2.24) is 0 Å². The van der Waals surface area contributed by atoms with Crippen LogP contribution in [0.2, 0.25) is 5.02 Å². The van der Waals surface area contributed by atoms with Crippen LogP contribution in [-0.2, 0) is 4.79 Å². The van der Waals surface area contributed by atoms with Crippen LogP contribution in [0.3, 0.4) is 0 Å². The molecule has 0 radical (unpaired) electrons. The van der Waals surface area contributed by atoms with Crippen LogP contribution in [0, 0.1) is 5.92 Å². The third-order valence-electron chi connectivity index (χ3n) is 3.24. The monoisotopic (exact) mass is 239 g/mol. The molecule has 0 aromatic heterocycles. The second-order valence-corrected chi connectivity index (χ2v) is 4.68. The SMILES string of the molecule is CN(c1ccc(Cl)cc1)C1CC(C(=O)O)C1. The lowest BCUT2D eigenvalue weighted by atomic mass is 9.79. The van der Waals surface area contributed by atoms with Crippen LogP contribution < -0.4 is 4.90 Å². The van der Waals surface area contributed by atoms with E-state index in [4.69, 9.17) is 16.7 Å². The third kappa shape index (κ3) is 2.14. The van der Waals surface area contributed by atoms with E-state index in [1.54, 1.807) is 0 Å². The molecule has 0 bridgehead atoms. The Kier molecular flexibility index (Phi) is 3.06. The summed E-state index contributed by atoms with van der Waals surface area (Å²) < 4.78 is 0. The molecule has 1 aromatic rings. The van der Waals surface area contributed by atoms with Gasteiger partial charge in [0.1, 0.15) is 0 Å². The smallest absolute Gasteiger partial charge is 0.306 e. The molecule has 1 saturated carbocycles. The summed E-state index contributed by atoms with van der Waals surface area (Å²) in [7, 11) is 1.99. The molecule has 1 fully saturated rings. The van der Waals surface area contributed by atoms with Crippen molar-refractivity contribution in [2.24, 2.45) is 5.92 Å². The molecule has 1 N–H and O–H groups in total. The van der Waals surface area contributed by atoms with E-state index in [2.05, 4.69) is 4.90 Å². The lowest BCUT2D eigenvalue weighted by molar-refractivity contribution is -0.145. The zero-order valence-corrected chi connectivity index (χ0v) is 9.81.